The summed E-state index contributed by atoms with van der Waals surface area (Å²) in [6.45, 7) is 0.493. The highest BCUT2D eigenvalue weighted by Crippen LogP contribution is 2.35. The SMILES string of the molecule is O=C(C=Cc1ccc(CNC2(C(=O)O)CC2)cc1)NO. The van der Waals surface area contributed by atoms with Gasteiger partial charge in [-0.1, -0.05) is 24.3 Å². The minimum absolute atomic E-state index is 0.493. The van der Waals surface area contributed by atoms with E-state index in [4.69, 9.17) is 10.3 Å². The van der Waals surface area contributed by atoms with E-state index in [1.807, 2.05) is 24.3 Å². The molecule has 1 aromatic rings. The van der Waals surface area contributed by atoms with Crippen molar-refractivity contribution in [1.82, 2.24) is 10.8 Å². The van der Waals surface area contributed by atoms with E-state index in [9.17, 15) is 9.59 Å². The van der Waals surface area contributed by atoms with Crippen LogP contribution in [-0.4, -0.2) is 27.7 Å². The summed E-state index contributed by atoms with van der Waals surface area (Å²) in [5.74, 6) is -1.39. The van der Waals surface area contributed by atoms with Crippen molar-refractivity contribution in [2.75, 3.05) is 0 Å². The molecule has 1 aliphatic carbocycles. The molecule has 6 nitrogen and oxygen atoms in total. The molecular formula is C14H16N2O4. The fourth-order valence-corrected chi connectivity index (χ4v) is 1.82. The van der Waals surface area contributed by atoms with Crippen molar-refractivity contribution in [2.24, 2.45) is 0 Å². The number of carboxylic acids is 1. The zero-order valence-electron chi connectivity index (χ0n) is 10.8. The normalized spacial score (nSPS) is 16.1. The van der Waals surface area contributed by atoms with Gasteiger partial charge < -0.3 is 5.11 Å². The number of hydrogen-bond acceptors (Lipinski definition) is 4. The first-order valence-electron chi connectivity index (χ1n) is 6.25. The Bertz CT molecular complexity index is 533. The van der Waals surface area contributed by atoms with Gasteiger partial charge in [-0.25, -0.2) is 5.48 Å². The van der Waals surface area contributed by atoms with E-state index in [2.05, 4.69) is 5.32 Å². The topological polar surface area (TPSA) is 98.7 Å². The Morgan fingerprint density at radius 2 is 1.90 bits per heavy atom. The first-order valence-corrected chi connectivity index (χ1v) is 6.25. The second kappa shape index (κ2) is 5.85. The van der Waals surface area contributed by atoms with Crippen LogP contribution in [0.4, 0.5) is 0 Å². The number of carbonyl (C=O) groups is 2. The molecule has 1 fully saturated rings. The van der Waals surface area contributed by atoms with E-state index < -0.39 is 17.4 Å². The van der Waals surface area contributed by atoms with Crippen LogP contribution in [0, 0.1) is 0 Å². The molecule has 0 unspecified atom stereocenters. The number of amides is 1. The molecule has 6 heteroatoms. The largest absolute Gasteiger partial charge is 0.480 e. The fraction of sp³-hybridized carbons (Fsp3) is 0.286. The second-order valence-electron chi connectivity index (χ2n) is 4.79. The zero-order chi connectivity index (χ0) is 14.6. The molecule has 1 aromatic carbocycles. The van der Waals surface area contributed by atoms with Gasteiger partial charge in [0.25, 0.3) is 5.91 Å². The Hall–Kier alpha value is -2.18. The molecular weight excluding hydrogens is 260 g/mol. The molecule has 0 radical (unpaired) electrons. The second-order valence-corrected chi connectivity index (χ2v) is 4.79. The smallest absolute Gasteiger partial charge is 0.323 e. The predicted octanol–water partition coefficient (Wildman–Crippen LogP) is 0.912. The van der Waals surface area contributed by atoms with Gasteiger partial charge in [0.2, 0.25) is 0 Å². The van der Waals surface area contributed by atoms with Gasteiger partial charge in [0.1, 0.15) is 5.54 Å². The number of nitrogens with one attached hydrogen (secondary N) is 2. The Morgan fingerprint density at radius 1 is 1.25 bits per heavy atom. The third kappa shape index (κ3) is 3.43. The van der Waals surface area contributed by atoms with Gasteiger partial charge in [-0.05, 0) is 30.0 Å². The molecule has 0 heterocycles. The summed E-state index contributed by atoms with van der Waals surface area (Å²) >= 11 is 0. The van der Waals surface area contributed by atoms with Gasteiger partial charge in [-0.2, -0.15) is 0 Å². The lowest BCUT2D eigenvalue weighted by Gasteiger charge is -2.12. The van der Waals surface area contributed by atoms with Crippen LogP contribution >= 0.6 is 0 Å². The van der Waals surface area contributed by atoms with Gasteiger partial charge in [0, 0.05) is 12.6 Å². The lowest BCUT2D eigenvalue weighted by atomic mass is 10.1. The van der Waals surface area contributed by atoms with Crippen molar-refractivity contribution < 1.29 is 19.9 Å². The molecule has 0 aliphatic heterocycles. The standard InChI is InChI=1S/C14H16N2O4/c17-12(16-20)6-5-10-1-3-11(4-2-10)9-15-14(7-8-14)13(18)19/h1-6,15,20H,7-9H2,(H,16,17)(H,18,19). The minimum atomic E-state index is -0.799. The quantitative estimate of drug-likeness (QED) is 0.352. The average molecular weight is 276 g/mol. The molecule has 0 bridgehead atoms. The molecule has 0 aromatic heterocycles. The number of rotatable bonds is 6. The lowest BCUT2D eigenvalue weighted by Crippen LogP contribution is -2.38. The highest BCUT2D eigenvalue weighted by molar-refractivity contribution is 5.90. The number of aliphatic carboxylic acids is 1. The van der Waals surface area contributed by atoms with Crippen LogP contribution < -0.4 is 10.8 Å². The van der Waals surface area contributed by atoms with Gasteiger partial charge in [0.05, 0.1) is 0 Å². The van der Waals surface area contributed by atoms with Gasteiger partial charge >= 0.3 is 5.97 Å². The lowest BCUT2D eigenvalue weighted by molar-refractivity contribution is -0.140. The van der Waals surface area contributed by atoms with E-state index in [0.717, 1.165) is 11.1 Å². The van der Waals surface area contributed by atoms with Crippen molar-refractivity contribution in [2.45, 2.75) is 24.9 Å². The van der Waals surface area contributed by atoms with E-state index in [1.165, 1.54) is 11.6 Å². The Labute approximate surface area is 116 Å². The maximum atomic E-state index is 11.0. The van der Waals surface area contributed by atoms with Crippen LogP contribution in [0.2, 0.25) is 0 Å². The van der Waals surface area contributed by atoms with Crippen molar-refractivity contribution >= 4 is 18.0 Å². The molecule has 0 saturated heterocycles. The van der Waals surface area contributed by atoms with E-state index in [0.29, 0.717) is 19.4 Å². The summed E-state index contributed by atoms with van der Waals surface area (Å²) in [6.07, 6.45) is 4.12. The molecule has 2 rings (SSSR count). The number of carbonyl (C=O) groups excluding carboxylic acids is 1. The third-order valence-corrected chi connectivity index (χ3v) is 3.31. The van der Waals surface area contributed by atoms with Crippen molar-refractivity contribution in [3.63, 3.8) is 0 Å². The molecule has 1 amide bonds. The molecule has 1 aliphatic rings. The first kappa shape index (κ1) is 14.2. The maximum absolute atomic E-state index is 11.0. The monoisotopic (exact) mass is 276 g/mol. The van der Waals surface area contributed by atoms with E-state index >= 15 is 0 Å². The summed E-state index contributed by atoms with van der Waals surface area (Å²) in [7, 11) is 0. The van der Waals surface area contributed by atoms with Gasteiger partial charge in [0.15, 0.2) is 0 Å². The van der Waals surface area contributed by atoms with Gasteiger partial charge in [-0.15, -0.1) is 0 Å². The van der Waals surface area contributed by atoms with Crippen LogP contribution in [-0.2, 0) is 16.1 Å². The summed E-state index contributed by atoms with van der Waals surface area (Å²) in [6, 6.07) is 7.36. The van der Waals surface area contributed by atoms with Crippen LogP contribution in [0.5, 0.6) is 0 Å². The van der Waals surface area contributed by atoms with Gasteiger partial charge in [-0.3, -0.25) is 20.1 Å². The van der Waals surface area contributed by atoms with E-state index in [1.54, 1.807) is 6.08 Å². The Morgan fingerprint density at radius 3 is 2.40 bits per heavy atom. The number of benzene rings is 1. The predicted molar refractivity (Wildman–Crippen MR) is 71.8 cm³/mol. The summed E-state index contributed by atoms with van der Waals surface area (Å²) in [5.41, 5.74) is 2.56. The minimum Gasteiger partial charge on any atom is -0.480 e. The average Bonchev–Trinajstić information content (AvgIpc) is 3.25. The van der Waals surface area contributed by atoms with Crippen LogP contribution in [0.3, 0.4) is 0 Å². The summed E-state index contributed by atoms with van der Waals surface area (Å²) in [4.78, 5) is 21.8. The molecule has 0 spiro atoms. The van der Waals surface area contributed by atoms with Crippen LogP contribution in [0.25, 0.3) is 6.08 Å². The molecule has 4 N–H and O–H groups in total. The Balaban J connectivity index is 1.90. The number of carboxylic acid groups (broad SMARTS) is 1. The highest BCUT2D eigenvalue weighted by Gasteiger charge is 2.49. The summed E-state index contributed by atoms with van der Waals surface area (Å²) < 4.78 is 0. The molecule has 0 atom stereocenters. The third-order valence-electron chi connectivity index (χ3n) is 3.31. The summed E-state index contributed by atoms with van der Waals surface area (Å²) in [5, 5.41) is 20.4. The number of hydrogen-bond donors (Lipinski definition) is 4. The van der Waals surface area contributed by atoms with Crippen LogP contribution in [0.15, 0.2) is 30.3 Å². The van der Waals surface area contributed by atoms with Crippen molar-refractivity contribution in [3.05, 3.63) is 41.5 Å². The maximum Gasteiger partial charge on any atom is 0.323 e. The van der Waals surface area contributed by atoms with Crippen molar-refractivity contribution in [3.8, 4) is 0 Å². The number of hydroxylamine groups is 1. The highest BCUT2D eigenvalue weighted by atomic mass is 16.5. The first-order chi connectivity index (χ1) is 9.55. The fourth-order valence-electron chi connectivity index (χ4n) is 1.82. The Kier molecular flexibility index (Phi) is 4.16. The zero-order valence-corrected chi connectivity index (χ0v) is 10.8. The molecule has 1 saturated carbocycles. The molecule has 20 heavy (non-hydrogen) atoms. The molecule has 106 valence electrons. The van der Waals surface area contributed by atoms with E-state index in [-0.39, 0.29) is 0 Å². The van der Waals surface area contributed by atoms with Crippen molar-refractivity contribution in [1.29, 1.82) is 0 Å². The van der Waals surface area contributed by atoms with Crippen LogP contribution in [0.1, 0.15) is 24.0 Å².